The number of hydrogen-bond acceptors (Lipinski definition) is 6. The third kappa shape index (κ3) is 4.76. The maximum absolute atomic E-state index is 12.8. The zero-order chi connectivity index (χ0) is 21.8. The summed E-state index contributed by atoms with van der Waals surface area (Å²) >= 11 is 2.93. The third-order valence-electron chi connectivity index (χ3n) is 4.58. The van der Waals surface area contributed by atoms with Crippen LogP contribution in [0.15, 0.2) is 77.3 Å². The van der Waals surface area contributed by atoms with Crippen LogP contribution < -0.4 is 5.32 Å². The lowest BCUT2D eigenvalue weighted by molar-refractivity contribution is -0.115. The molecule has 1 unspecified atom stereocenters. The molecule has 2 aromatic heterocycles. The molecule has 156 valence electrons. The molecular formula is C23H20N4O2S2. The summed E-state index contributed by atoms with van der Waals surface area (Å²) in [6.45, 7) is 3.32. The van der Waals surface area contributed by atoms with Crippen LogP contribution in [0.3, 0.4) is 0 Å². The van der Waals surface area contributed by atoms with Gasteiger partial charge < -0.3 is 5.32 Å². The maximum Gasteiger partial charge on any atom is 0.237 e. The van der Waals surface area contributed by atoms with Crippen LogP contribution in [0.25, 0.3) is 16.4 Å². The molecule has 2 heterocycles. The summed E-state index contributed by atoms with van der Waals surface area (Å²) in [7, 11) is 0. The lowest BCUT2D eigenvalue weighted by Crippen LogP contribution is -2.23. The van der Waals surface area contributed by atoms with Crippen LogP contribution in [-0.2, 0) is 4.79 Å². The molecule has 0 radical (unpaired) electrons. The second-order valence-corrected chi connectivity index (χ2v) is 9.10. The van der Waals surface area contributed by atoms with Crippen LogP contribution in [0.2, 0.25) is 0 Å². The third-order valence-corrected chi connectivity index (χ3v) is 6.49. The molecule has 0 saturated carbocycles. The number of anilines is 1. The highest BCUT2D eigenvalue weighted by Gasteiger charge is 2.22. The number of hydrogen-bond donors (Lipinski definition) is 1. The minimum atomic E-state index is -0.427. The molecule has 0 aliphatic carbocycles. The van der Waals surface area contributed by atoms with Gasteiger partial charge in [0, 0.05) is 16.9 Å². The number of thiophene rings is 1. The van der Waals surface area contributed by atoms with Crippen molar-refractivity contribution in [1.29, 1.82) is 0 Å². The van der Waals surface area contributed by atoms with Gasteiger partial charge in [-0.2, -0.15) is 0 Å². The van der Waals surface area contributed by atoms with E-state index < -0.39 is 5.25 Å². The second kappa shape index (κ2) is 9.28. The molecule has 0 fully saturated rings. The van der Waals surface area contributed by atoms with E-state index in [1.54, 1.807) is 35.6 Å². The highest BCUT2D eigenvalue weighted by Crippen LogP contribution is 2.32. The summed E-state index contributed by atoms with van der Waals surface area (Å²) in [4.78, 5) is 25.4. The summed E-state index contributed by atoms with van der Waals surface area (Å²) in [6, 6.07) is 20.8. The Morgan fingerprint density at radius 2 is 1.84 bits per heavy atom. The van der Waals surface area contributed by atoms with Crippen molar-refractivity contribution in [2.45, 2.75) is 24.3 Å². The first-order chi connectivity index (χ1) is 15.0. The predicted molar refractivity (Wildman–Crippen MR) is 125 cm³/mol. The number of thioether (sulfide) groups is 1. The van der Waals surface area contributed by atoms with Crippen molar-refractivity contribution in [2.75, 3.05) is 5.32 Å². The molecule has 1 atom stereocenters. The average molecular weight is 449 g/mol. The van der Waals surface area contributed by atoms with E-state index in [0.29, 0.717) is 16.4 Å². The molecular weight excluding hydrogens is 428 g/mol. The zero-order valence-corrected chi connectivity index (χ0v) is 18.6. The molecule has 0 aliphatic heterocycles. The first kappa shape index (κ1) is 21.0. The van der Waals surface area contributed by atoms with Crippen LogP contribution in [0.5, 0.6) is 0 Å². The number of carbonyl (C=O) groups is 2. The molecule has 0 bridgehead atoms. The number of para-hydroxylation sites is 1. The van der Waals surface area contributed by atoms with Gasteiger partial charge in [0.25, 0.3) is 0 Å². The molecule has 2 aromatic carbocycles. The van der Waals surface area contributed by atoms with Crippen LogP contribution >= 0.6 is 23.1 Å². The number of amides is 1. The summed E-state index contributed by atoms with van der Waals surface area (Å²) in [5.41, 5.74) is 2.08. The fourth-order valence-corrected chi connectivity index (χ4v) is 4.56. The van der Waals surface area contributed by atoms with E-state index in [4.69, 9.17) is 0 Å². The number of nitrogens with one attached hydrogen (secondary N) is 1. The maximum atomic E-state index is 12.8. The molecule has 8 heteroatoms. The number of aromatic nitrogens is 3. The van der Waals surface area contributed by atoms with Gasteiger partial charge in [0.1, 0.15) is 0 Å². The Kier molecular flexibility index (Phi) is 6.29. The molecule has 4 rings (SSSR count). The summed E-state index contributed by atoms with van der Waals surface area (Å²) in [6.07, 6.45) is 0. The smallest absolute Gasteiger partial charge is 0.237 e. The highest BCUT2D eigenvalue weighted by atomic mass is 32.2. The summed E-state index contributed by atoms with van der Waals surface area (Å²) in [5, 5.41) is 13.9. The molecule has 6 nitrogen and oxygen atoms in total. The van der Waals surface area contributed by atoms with Gasteiger partial charge in [0.15, 0.2) is 16.8 Å². The Balaban J connectivity index is 1.58. The monoisotopic (exact) mass is 448 g/mol. The number of rotatable bonds is 7. The first-order valence-corrected chi connectivity index (χ1v) is 11.4. The SMILES string of the molecule is CC(=O)c1cccc(NC(=O)C(C)Sc2nnc(-c3cccs3)n2-c2ccccc2)c1. The number of ketones is 1. The van der Waals surface area contributed by atoms with Crippen LogP contribution in [0.1, 0.15) is 24.2 Å². The van der Waals surface area contributed by atoms with Crippen LogP contribution in [0, 0.1) is 0 Å². The lowest BCUT2D eigenvalue weighted by Gasteiger charge is -2.14. The van der Waals surface area contributed by atoms with E-state index in [1.807, 2.05) is 59.3 Å². The lowest BCUT2D eigenvalue weighted by atomic mass is 10.1. The molecule has 0 spiro atoms. The van der Waals surface area contributed by atoms with Crippen LogP contribution in [0.4, 0.5) is 5.69 Å². The van der Waals surface area contributed by atoms with Crippen molar-refractivity contribution in [3.05, 3.63) is 77.7 Å². The predicted octanol–water partition coefficient (Wildman–Crippen LogP) is 5.32. The highest BCUT2D eigenvalue weighted by molar-refractivity contribution is 8.00. The fourth-order valence-electron chi connectivity index (χ4n) is 2.99. The van der Waals surface area contributed by atoms with E-state index in [-0.39, 0.29) is 11.7 Å². The summed E-state index contributed by atoms with van der Waals surface area (Å²) < 4.78 is 1.97. The Labute approximate surface area is 188 Å². The first-order valence-electron chi connectivity index (χ1n) is 9.66. The van der Waals surface area contributed by atoms with E-state index in [2.05, 4.69) is 15.5 Å². The standard InChI is InChI=1S/C23H20N4O2S2/c1-15(28)17-8-6-9-18(14-17)24-22(29)16(2)31-23-26-25-21(20-12-7-13-30-20)27(23)19-10-4-3-5-11-19/h3-14,16H,1-2H3,(H,24,29). The second-order valence-electron chi connectivity index (χ2n) is 6.84. The van der Waals surface area contributed by atoms with E-state index >= 15 is 0 Å². The Bertz CT molecular complexity index is 1200. The fraction of sp³-hybridized carbons (Fsp3) is 0.130. The van der Waals surface area contributed by atoms with E-state index in [9.17, 15) is 9.59 Å². The minimum Gasteiger partial charge on any atom is -0.325 e. The number of carbonyl (C=O) groups excluding carboxylic acids is 2. The van der Waals surface area contributed by atoms with Crippen molar-refractivity contribution >= 4 is 40.5 Å². The topological polar surface area (TPSA) is 76.9 Å². The minimum absolute atomic E-state index is 0.0457. The van der Waals surface area contributed by atoms with Gasteiger partial charge >= 0.3 is 0 Å². The molecule has 0 saturated heterocycles. The van der Waals surface area contributed by atoms with Gasteiger partial charge in [-0.15, -0.1) is 21.5 Å². The molecule has 1 N–H and O–H groups in total. The van der Waals surface area contributed by atoms with Gasteiger partial charge in [-0.05, 0) is 49.6 Å². The van der Waals surface area contributed by atoms with Crippen molar-refractivity contribution in [1.82, 2.24) is 14.8 Å². The van der Waals surface area contributed by atoms with Gasteiger partial charge in [0.05, 0.1) is 10.1 Å². The molecule has 0 aliphatic rings. The number of Topliss-reactive ketones (excluding diaryl/α,β-unsaturated/α-hetero) is 1. The molecule has 4 aromatic rings. The van der Waals surface area contributed by atoms with Crippen molar-refractivity contribution < 1.29 is 9.59 Å². The molecule has 31 heavy (non-hydrogen) atoms. The Morgan fingerprint density at radius 1 is 1.03 bits per heavy atom. The zero-order valence-electron chi connectivity index (χ0n) is 17.0. The van der Waals surface area contributed by atoms with E-state index in [1.165, 1.54) is 18.7 Å². The number of nitrogens with zero attached hydrogens (tertiary/aromatic N) is 3. The van der Waals surface area contributed by atoms with E-state index in [0.717, 1.165) is 16.4 Å². The van der Waals surface area contributed by atoms with Gasteiger partial charge in [-0.3, -0.25) is 14.2 Å². The van der Waals surface area contributed by atoms with Crippen molar-refractivity contribution in [2.24, 2.45) is 0 Å². The quantitative estimate of drug-likeness (QED) is 0.306. The largest absolute Gasteiger partial charge is 0.325 e. The Morgan fingerprint density at radius 3 is 2.55 bits per heavy atom. The van der Waals surface area contributed by atoms with Crippen LogP contribution in [-0.4, -0.2) is 31.7 Å². The summed E-state index contributed by atoms with van der Waals surface area (Å²) in [5.74, 6) is 0.520. The number of benzene rings is 2. The van der Waals surface area contributed by atoms with Gasteiger partial charge in [0.2, 0.25) is 5.91 Å². The Hall–Kier alpha value is -3.23. The van der Waals surface area contributed by atoms with Gasteiger partial charge in [-0.25, -0.2) is 0 Å². The average Bonchev–Trinajstić information content (AvgIpc) is 3.44. The normalized spacial score (nSPS) is 11.8. The van der Waals surface area contributed by atoms with Gasteiger partial charge in [-0.1, -0.05) is 48.2 Å². The molecule has 1 amide bonds. The van der Waals surface area contributed by atoms with Crippen molar-refractivity contribution in [3.63, 3.8) is 0 Å². The van der Waals surface area contributed by atoms with Crippen molar-refractivity contribution in [3.8, 4) is 16.4 Å².